The molecule has 0 fully saturated rings. The van der Waals surface area contributed by atoms with Gasteiger partial charge in [0.2, 0.25) is 0 Å². The van der Waals surface area contributed by atoms with E-state index in [4.69, 9.17) is 25.8 Å². The number of hydrogen-bond acceptors (Lipinski definition) is 6. The van der Waals surface area contributed by atoms with Crippen molar-refractivity contribution in [2.75, 3.05) is 20.8 Å². The van der Waals surface area contributed by atoms with E-state index in [0.29, 0.717) is 27.3 Å². The highest BCUT2D eigenvalue weighted by molar-refractivity contribution is 6.31. The van der Waals surface area contributed by atoms with Gasteiger partial charge in [-0.2, -0.15) is 18.3 Å². The maximum absolute atomic E-state index is 13.3. The summed E-state index contributed by atoms with van der Waals surface area (Å²) in [5.41, 5.74) is 0.356. The molecule has 3 rings (SSSR count). The Bertz CT molecular complexity index is 1350. The Labute approximate surface area is 222 Å². The third-order valence-electron chi connectivity index (χ3n) is 5.43. The van der Waals surface area contributed by atoms with Gasteiger partial charge in [0.15, 0.2) is 0 Å². The summed E-state index contributed by atoms with van der Waals surface area (Å²) >= 11 is 6.25. The molecule has 1 aromatic carbocycles. The number of rotatable bonds is 9. The lowest BCUT2D eigenvalue weighted by Crippen LogP contribution is -2.35. The van der Waals surface area contributed by atoms with Crippen molar-refractivity contribution in [2.24, 2.45) is 0 Å². The molecule has 0 bridgehead atoms. The summed E-state index contributed by atoms with van der Waals surface area (Å²) in [4.78, 5) is 26.3. The van der Waals surface area contributed by atoms with Crippen LogP contribution < -0.4 is 10.3 Å². The first-order chi connectivity index (χ1) is 17.7. The zero-order chi connectivity index (χ0) is 28.3. The van der Waals surface area contributed by atoms with E-state index in [1.807, 2.05) is 0 Å². The van der Waals surface area contributed by atoms with Crippen LogP contribution in [0, 0.1) is 0 Å². The number of carbonyl (C=O) groups is 1. The van der Waals surface area contributed by atoms with E-state index in [2.05, 4.69) is 5.10 Å². The summed E-state index contributed by atoms with van der Waals surface area (Å²) in [5.74, 6) is -0.367. The van der Waals surface area contributed by atoms with Crippen molar-refractivity contribution in [2.45, 2.75) is 51.6 Å². The van der Waals surface area contributed by atoms with Crippen molar-refractivity contribution in [3.63, 3.8) is 0 Å². The second-order valence-corrected chi connectivity index (χ2v) is 10.00. The van der Waals surface area contributed by atoms with Gasteiger partial charge in [-0.3, -0.25) is 14.0 Å². The maximum Gasteiger partial charge on any atom is 0.408 e. The van der Waals surface area contributed by atoms with E-state index in [-0.39, 0.29) is 18.8 Å². The van der Waals surface area contributed by atoms with Gasteiger partial charge in [-0.1, -0.05) is 17.7 Å². The number of nitrogens with zero attached hydrogens (tertiary/aromatic N) is 3. The van der Waals surface area contributed by atoms with Gasteiger partial charge in [0.1, 0.15) is 23.9 Å². The minimum absolute atomic E-state index is 0.175. The summed E-state index contributed by atoms with van der Waals surface area (Å²) in [6.07, 6.45) is -0.297. The number of aromatic nitrogens is 3. The average Bonchev–Trinajstić information content (AvgIpc) is 3.25. The van der Waals surface area contributed by atoms with Crippen LogP contribution in [0.15, 0.2) is 47.7 Å². The van der Waals surface area contributed by atoms with E-state index in [1.54, 1.807) is 39.0 Å². The number of benzene rings is 1. The molecule has 2 aromatic heterocycles. The molecule has 0 aliphatic rings. The molecule has 0 saturated heterocycles. The number of alkyl halides is 3. The highest BCUT2D eigenvalue weighted by atomic mass is 35.5. The number of methoxy groups -OCH3 is 2. The molecular weight excluding hydrogens is 527 g/mol. The Morgan fingerprint density at radius 1 is 1.08 bits per heavy atom. The molecule has 2 heterocycles. The molecule has 3 aromatic rings. The Hall–Kier alpha value is -3.31. The Morgan fingerprint density at radius 3 is 2.39 bits per heavy atom. The molecule has 0 aliphatic carbocycles. The first kappa shape index (κ1) is 29.2. The summed E-state index contributed by atoms with van der Waals surface area (Å²) in [5, 5.41) is 4.15. The van der Waals surface area contributed by atoms with Crippen LogP contribution in [0.1, 0.15) is 33.2 Å². The molecule has 1 atom stereocenters. The molecule has 8 nitrogen and oxygen atoms in total. The van der Waals surface area contributed by atoms with Crippen LogP contribution in [-0.4, -0.2) is 52.9 Å². The monoisotopic (exact) mass is 555 g/mol. The van der Waals surface area contributed by atoms with Crippen molar-refractivity contribution < 1.29 is 32.2 Å². The molecule has 0 amide bonds. The summed E-state index contributed by atoms with van der Waals surface area (Å²) in [6, 6.07) is 5.09. The zero-order valence-corrected chi connectivity index (χ0v) is 22.4. The maximum atomic E-state index is 13.3. The van der Waals surface area contributed by atoms with Crippen LogP contribution in [0.25, 0.3) is 22.3 Å². The Morgan fingerprint density at radius 2 is 1.79 bits per heavy atom. The number of hydrogen-bond donors (Lipinski definition) is 0. The van der Waals surface area contributed by atoms with Gasteiger partial charge in [0, 0.05) is 48.6 Å². The Kier molecular flexibility index (Phi) is 8.94. The quantitative estimate of drug-likeness (QED) is 0.323. The van der Waals surface area contributed by atoms with E-state index in [1.165, 1.54) is 43.4 Å². The van der Waals surface area contributed by atoms with Crippen LogP contribution in [0.2, 0.25) is 5.02 Å². The molecule has 0 radical (unpaired) electrons. The predicted molar refractivity (Wildman–Crippen MR) is 136 cm³/mol. The molecule has 12 heteroatoms. The van der Waals surface area contributed by atoms with E-state index >= 15 is 0 Å². The van der Waals surface area contributed by atoms with Gasteiger partial charge in [-0.15, -0.1) is 0 Å². The van der Waals surface area contributed by atoms with Crippen molar-refractivity contribution in [3.05, 3.63) is 58.2 Å². The van der Waals surface area contributed by atoms with Crippen molar-refractivity contribution in [1.29, 1.82) is 0 Å². The third kappa shape index (κ3) is 7.38. The largest absolute Gasteiger partial charge is 0.495 e. The molecule has 0 saturated carbocycles. The summed E-state index contributed by atoms with van der Waals surface area (Å²) in [6.45, 7) is 4.12. The fourth-order valence-electron chi connectivity index (χ4n) is 3.88. The van der Waals surface area contributed by atoms with Crippen molar-refractivity contribution in [3.8, 4) is 28.0 Å². The first-order valence-corrected chi connectivity index (χ1v) is 12.0. The predicted octanol–water partition coefficient (Wildman–Crippen LogP) is 5.52. The van der Waals surface area contributed by atoms with Gasteiger partial charge in [-0.25, -0.2) is 4.79 Å². The van der Waals surface area contributed by atoms with E-state index in [0.717, 1.165) is 4.68 Å². The lowest BCUT2D eigenvalue weighted by molar-refractivity contribution is -0.159. The standard InChI is InChI=1S/C26H29ClF3N3O5/c1-25(2,3)38-24(35)21(8-9-36-4)33-14-22(37-5)20(11-23(33)34)19-10-17(27)6-7-18(19)16-12-31-32(13-16)15-26(28,29)30/h6-7,10-14,21H,8-9,15H2,1-5H3. The molecule has 206 valence electrons. The van der Waals surface area contributed by atoms with Crippen LogP contribution in [0.4, 0.5) is 13.2 Å². The van der Waals surface area contributed by atoms with Crippen LogP contribution in [-0.2, 0) is 20.8 Å². The minimum atomic E-state index is -4.44. The summed E-state index contributed by atoms with van der Waals surface area (Å²) < 4.78 is 56.8. The van der Waals surface area contributed by atoms with Crippen LogP contribution in [0.3, 0.4) is 0 Å². The van der Waals surface area contributed by atoms with Crippen molar-refractivity contribution >= 4 is 17.6 Å². The lowest BCUT2D eigenvalue weighted by atomic mass is 9.96. The van der Waals surface area contributed by atoms with Crippen LogP contribution >= 0.6 is 11.6 Å². The minimum Gasteiger partial charge on any atom is -0.495 e. The van der Waals surface area contributed by atoms with Crippen LogP contribution in [0.5, 0.6) is 5.75 Å². The number of esters is 1. The van der Waals surface area contributed by atoms with Gasteiger partial charge < -0.3 is 14.2 Å². The summed E-state index contributed by atoms with van der Waals surface area (Å²) in [7, 11) is 2.88. The van der Waals surface area contributed by atoms with Gasteiger partial charge in [-0.05, 0) is 44.0 Å². The molecule has 0 aliphatic heterocycles. The molecule has 1 unspecified atom stereocenters. The second-order valence-electron chi connectivity index (χ2n) is 9.56. The molecule has 0 N–H and O–H groups in total. The lowest BCUT2D eigenvalue weighted by Gasteiger charge is -2.25. The average molecular weight is 556 g/mol. The topological polar surface area (TPSA) is 84.6 Å². The number of pyridine rings is 1. The number of ether oxygens (including phenoxy) is 3. The third-order valence-corrected chi connectivity index (χ3v) is 5.67. The molecule has 0 spiro atoms. The highest BCUT2D eigenvalue weighted by Crippen LogP contribution is 2.38. The second kappa shape index (κ2) is 11.6. The fourth-order valence-corrected chi connectivity index (χ4v) is 4.05. The van der Waals surface area contributed by atoms with Gasteiger partial charge in [0.05, 0.1) is 19.5 Å². The van der Waals surface area contributed by atoms with E-state index < -0.39 is 35.9 Å². The number of halogens is 4. The highest BCUT2D eigenvalue weighted by Gasteiger charge is 2.30. The first-order valence-electron chi connectivity index (χ1n) is 11.6. The fraction of sp³-hybridized carbons (Fsp3) is 0.423. The normalized spacial score (nSPS) is 12.9. The smallest absolute Gasteiger partial charge is 0.408 e. The zero-order valence-electron chi connectivity index (χ0n) is 21.6. The SMILES string of the molecule is COCCC(C(=O)OC(C)(C)C)n1cc(OC)c(-c2cc(Cl)ccc2-c2cnn(CC(F)(F)F)c2)cc1=O. The molecule has 38 heavy (non-hydrogen) atoms. The Balaban J connectivity index is 2.12. The molecular formula is C26H29ClF3N3O5. The van der Waals surface area contributed by atoms with Crippen molar-refractivity contribution in [1.82, 2.24) is 14.3 Å². The van der Waals surface area contributed by atoms with Gasteiger partial charge >= 0.3 is 12.1 Å². The van der Waals surface area contributed by atoms with Gasteiger partial charge in [0.25, 0.3) is 5.56 Å². The van der Waals surface area contributed by atoms with E-state index in [9.17, 15) is 22.8 Å². The number of carbonyl (C=O) groups excluding carboxylic acids is 1.